The van der Waals surface area contributed by atoms with Crippen LogP contribution in [0.4, 0.5) is 0 Å². The number of thioether (sulfide) groups is 3. The highest BCUT2D eigenvalue weighted by atomic mass is 32.3. The number of hydrogen-bond acceptors (Lipinski definition) is 4. The molecule has 1 aromatic rings. The molecule has 1 aromatic carbocycles. The van der Waals surface area contributed by atoms with Gasteiger partial charge in [-0.1, -0.05) is 54.9 Å². The molecule has 1 saturated carbocycles. The number of rotatable bonds is 1. The normalized spacial score (nSPS) is 37.5. The van der Waals surface area contributed by atoms with E-state index in [0.717, 1.165) is 10.5 Å². The second-order valence-electron chi connectivity index (χ2n) is 6.60. The van der Waals surface area contributed by atoms with Gasteiger partial charge in [0.15, 0.2) is 0 Å². The summed E-state index contributed by atoms with van der Waals surface area (Å²) in [5.41, 5.74) is 1.29. The minimum atomic E-state index is 0.00944. The Hall–Kier alpha value is -0.0600. The van der Waals surface area contributed by atoms with Gasteiger partial charge in [0, 0.05) is 16.1 Å². The maximum atomic E-state index is 5.12. The maximum absolute atomic E-state index is 5.12. The maximum Gasteiger partial charge on any atom is 0.138 e. The molecule has 2 fully saturated rings. The predicted octanol–water partition coefficient (Wildman–Crippen LogP) is 5.40. The largest absolute Gasteiger partial charge is 0.268 e. The average Bonchev–Trinajstić information content (AvgIpc) is 2.98. The summed E-state index contributed by atoms with van der Waals surface area (Å²) >= 11 is 6.47. The topological polar surface area (TPSA) is 12.4 Å². The van der Waals surface area contributed by atoms with Crippen molar-refractivity contribution in [3.05, 3.63) is 35.9 Å². The third-order valence-corrected chi connectivity index (χ3v) is 11.1. The fraction of sp³-hybridized carbons (Fsp3) is 0.588. The minimum absolute atomic E-state index is 0.00944. The molecular formula is C17H21NS3. The molecule has 2 heterocycles. The summed E-state index contributed by atoms with van der Waals surface area (Å²) in [6, 6.07) is 10.7. The van der Waals surface area contributed by atoms with Gasteiger partial charge in [-0.2, -0.15) is 0 Å². The van der Waals surface area contributed by atoms with E-state index < -0.39 is 0 Å². The molecule has 0 amide bonds. The molecule has 1 saturated heterocycles. The van der Waals surface area contributed by atoms with Crippen molar-refractivity contribution in [1.82, 2.24) is 0 Å². The molecule has 1 spiro atoms. The molecule has 1 nitrogen and oxygen atoms in total. The molecule has 4 rings (SSSR count). The van der Waals surface area contributed by atoms with Crippen LogP contribution in [0, 0.1) is 0 Å². The van der Waals surface area contributed by atoms with Crippen LogP contribution in [0.1, 0.15) is 45.1 Å². The fourth-order valence-corrected chi connectivity index (χ4v) is 9.98. The third kappa shape index (κ3) is 2.38. The van der Waals surface area contributed by atoms with Crippen molar-refractivity contribution in [2.24, 2.45) is 4.99 Å². The van der Waals surface area contributed by atoms with Crippen LogP contribution >= 0.6 is 35.3 Å². The van der Waals surface area contributed by atoms with Crippen LogP contribution in [-0.4, -0.2) is 24.5 Å². The summed E-state index contributed by atoms with van der Waals surface area (Å²) < 4.78 is 0.192. The van der Waals surface area contributed by atoms with Crippen molar-refractivity contribution in [2.45, 2.75) is 59.0 Å². The highest BCUT2D eigenvalue weighted by Gasteiger charge is 2.59. The first-order valence-electron chi connectivity index (χ1n) is 7.80. The van der Waals surface area contributed by atoms with E-state index in [1.165, 1.54) is 36.3 Å². The van der Waals surface area contributed by atoms with Crippen LogP contribution < -0.4 is 0 Å². The van der Waals surface area contributed by atoms with Gasteiger partial charge in [-0.05, 0) is 26.7 Å². The summed E-state index contributed by atoms with van der Waals surface area (Å²) in [5, 5.41) is 2.93. The van der Waals surface area contributed by atoms with E-state index in [9.17, 15) is 0 Å². The Kier molecular flexibility index (Phi) is 3.63. The Morgan fingerprint density at radius 3 is 2.24 bits per heavy atom. The van der Waals surface area contributed by atoms with E-state index in [1.807, 2.05) is 11.8 Å². The highest BCUT2D eigenvalue weighted by molar-refractivity contribution is 8.41. The van der Waals surface area contributed by atoms with Gasteiger partial charge in [-0.25, -0.2) is 0 Å². The monoisotopic (exact) mass is 335 g/mol. The van der Waals surface area contributed by atoms with Crippen LogP contribution in [0.3, 0.4) is 0 Å². The van der Waals surface area contributed by atoms with Crippen molar-refractivity contribution in [3.63, 3.8) is 0 Å². The van der Waals surface area contributed by atoms with Crippen molar-refractivity contribution in [3.8, 4) is 0 Å². The molecule has 0 bridgehead atoms. The van der Waals surface area contributed by atoms with E-state index in [2.05, 4.69) is 67.7 Å². The molecule has 2 unspecified atom stereocenters. The second-order valence-corrected chi connectivity index (χ2v) is 11.5. The van der Waals surface area contributed by atoms with Crippen molar-refractivity contribution in [2.75, 3.05) is 0 Å². The van der Waals surface area contributed by atoms with Crippen LogP contribution in [0.25, 0.3) is 0 Å². The Labute approximate surface area is 140 Å². The number of nitrogens with zero attached hydrogens (tertiary/aromatic N) is 1. The van der Waals surface area contributed by atoms with Gasteiger partial charge in [0.05, 0.1) is 5.54 Å². The van der Waals surface area contributed by atoms with E-state index in [0.29, 0.717) is 0 Å². The Morgan fingerprint density at radius 1 is 1.00 bits per heavy atom. The van der Waals surface area contributed by atoms with Crippen molar-refractivity contribution < 1.29 is 0 Å². The highest BCUT2D eigenvalue weighted by Crippen LogP contribution is 2.69. The third-order valence-electron chi connectivity index (χ3n) is 4.64. The molecule has 1 aliphatic carbocycles. The lowest BCUT2D eigenvalue weighted by atomic mass is 10.00. The smallest absolute Gasteiger partial charge is 0.138 e. The van der Waals surface area contributed by atoms with Gasteiger partial charge >= 0.3 is 0 Å². The second kappa shape index (κ2) is 5.24. The van der Waals surface area contributed by atoms with Gasteiger partial charge in [0.1, 0.15) is 8.45 Å². The quantitative estimate of drug-likeness (QED) is 0.681. The predicted molar refractivity (Wildman–Crippen MR) is 98.6 cm³/mol. The average molecular weight is 336 g/mol. The first-order valence-corrected chi connectivity index (χ1v) is 10.4. The summed E-state index contributed by atoms with van der Waals surface area (Å²) in [7, 11) is 0. The first-order chi connectivity index (χ1) is 10.1. The van der Waals surface area contributed by atoms with Gasteiger partial charge < -0.3 is 0 Å². The molecule has 112 valence electrons. The molecule has 4 heteroatoms. The van der Waals surface area contributed by atoms with Crippen LogP contribution in [0.2, 0.25) is 0 Å². The summed E-state index contributed by atoms with van der Waals surface area (Å²) in [5.74, 6) is 0. The number of aliphatic imine (C=N–C) groups is 1. The van der Waals surface area contributed by atoms with Gasteiger partial charge in [0.2, 0.25) is 0 Å². The Balaban J connectivity index is 1.64. The zero-order valence-electron chi connectivity index (χ0n) is 12.5. The zero-order chi connectivity index (χ0) is 14.5. The van der Waals surface area contributed by atoms with Crippen LogP contribution in [-0.2, 0) is 0 Å². The van der Waals surface area contributed by atoms with E-state index in [4.69, 9.17) is 4.99 Å². The van der Waals surface area contributed by atoms with Gasteiger partial charge in [-0.3, -0.25) is 4.99 Å². The summed E-state index contributed by atoms with van der Waals surface area (Å²) in [6.45, 7) is 4.65. The fourth-order valence-electron chi connectivity index (χ4n) is 3.40. The molecular weight excluding hydrogens is 314 g/mol. The first kappa shape index (κ1) is 14.5. The molecule has 0 aromatic heterocycles. The summed E-state index contributed by atoms with van der Waals surface area (Å²) in [4.78, 5) is 5.12. The van der Waals surface area contributed by atoms with Crippen molar-refractivity contribution in [1.29, 1.82) is 0 Å². The number of benzene rings is 1. The summed E-state index contributed by atoms with van der Waals surface area (Å²) in [6.07, 6.45) is 5.65. The molecule has 3 aliphatic rings. The van der Waals surface area contributed by atoms with Crippen LogP contribution in [0.5, 0.6) is 0 Å². The van der Waals surface area contributed by atoms with Crippen molar-refractivity contribution >= 4 is 40.3 Å². The van der Waals surface area contributed by atoms with Gasteiger partial charge in [0.25, 0.3) is 0 Å². The Morgan fingerprint density at radius 2 is 1.62 bits per heavy atom. The molecule has 21 heavy (non-hydrogen) atoms. The van der Waals surface area contributed by atoms with Gasteiger partial charge in [-0.15, -0.1) is 23.5 Å². The zero-order valence-corrected chi connectivity index (χ0v) is 15.0. The Bertz CT molecular complexity index is 553. The lowest BCUT2D eigenvalue weighted by molar-refractivity contribution is 0.532. The van der Waals surface area contributed by atoms with Crippen LogP contribution in [0.15, 0.2) is 35.3 Å². The van der Waals surface area contributed by atoms with E-state index in [-0.39, 0.29) is 8.95 Å². The lowest BCUT2D eigenvalue weighted by Crippen LogP contribution is -2.35. The number of hydrogen-bond donors (Lipinski definition) is 0. The van der Waals surface area contributed by atoms with E-state index in [1.54, 1.807) is 0 Å². The van der Waals surface area contributed by atoms with E-state index >= 15 is 0 Å². The molecule has 0 radical (unpaired) electrons. The lowest BCUT2D eigenvalue weighted by Gasteiger charge is -2.33. The number of fused-ring (bicyclic) bond motifs is 1. The molecule has 2 aliphatic heterocycles. The standard InChI is InChI=1S/C17H21NS3/c1-16(2)17(19-13-10-6-7-11-14(13)20-17)21-15(18-16)12-8-4-3-5-9-12/h3-5,8-9,13-14H,6-7,10-11H2,1-2H3. The molecule has 2 atom stereocenters. The SMILES string of the molecule is CC1(C)N=C(c2ccccc2)SC12SC1CCCCC1S2. The molecule has 0 N–H and O–H groups in total. The minimum Gasteiger partial charge on any atom is -0.268 e.